The molecule has 2 amide bonds. The van der Waals surface area contributed by atoms with Gasteiger partial charge in [-0.3, -0.25) is 9.59 Å². The van der Waals surface area contributed by atoms with Crippen molar-refractivity contribution in [2.24, 2.45) is 0 Å². The number of hydrogen-bond donors (Lipinski definition) is 2. The number of amides is 2. The van der Waals surface area contributed by atoms with Gasteiger partial charge in [0, 0.05) is 43.2 Å². The summed E-state index contributed by atoms with van der Waals surface area (Å²) in [6.07, 6.45) is 1.97. The summed E-state index contributed by atoms with van der Waals surface area (Å²) in [4.78, 5) is 24.5. The molecule has 1 aliphatic rings. The Morgan fingerprint density at radius 3 is 2.63 bits per heavy atom. The van der Waals surface area contributed by atoms with Crippen molar-refractivity contribution in [2.75, 3.05) is 18.5 Å². The number of aromatic nitrogens is 1. The Bertz CT molecular complexity index is 1070. The van der Waals surface area contributed by atoms with E-state index in [1.54, 1.807) is 0 Å². The maximum absolute atomic E-state index is 13.1. The number of ether oxygens (including phenoxy) is 1. The molecule has 2 heterocycles. The molecule has 1 aliphatic heterocycles. The van der Waals surface area contributed by atoms with Crippen LogP contribution in [0.25, 0.3) is 10.9 Å². The van der Waals surface area contributed by atoms with Crippen LogP contribution in [0.3, 0.4) is 0 Å². The predicted octanol–water partition coefficient (Wildman–Crippen LogP) is 3.95. The van der Waals surface area contributed by atoms with Crippen LogP contribution in [0.4, 0.5) is 5.69 Å². The topological polar surface area (TPSA) is 72.4 Å². The summed E-state index contributed by atoms with van der Waals surface area (Å²) in [6.45, 7) is 5.33. The highest BCUT2D eigenvalue weighted by atomic mass is 16.5. The zero-order valence-corrected chi connectivity index (χ0v) is 17.4. The minimum atomic E-state index is -0.301. The number of hydrogen-bond acceptors (Lipinski definition) is 3. The van der Waals surface area contributed by atoms with Crippen LogP contribution >= 0.6 is 0 Å². The Labute approximate surface area is 176 Å². The Morgan fingerprint density at radius 2 is 1.93 bits per heavy atom. The Hall–Kier alpha value is -3.12. The first kappa shape index (κ1) is 20.2. The summed E-state index contributed by atoms with van der Waals surface area (Å²) < 4.78 is 7.83. The van der Waals surface area contributed by atoms with Crippen molar-refractivity contribution in [2.45, 2.75) is 38.8 Å². The van der Waals surface area contributed by atoms with Crippen molar-refractivity contribution in [1.29, 1.82) is 0 Å². The van der Waals surface area contributed by atoms with E-state index >= 15 is 0 Å². The number of carbonyl (C=O) groups excluding carboxylic acids is 2. The minimum Gasteiger partial charge on any atom is -0.373 e. The third-order valence-electron chi connectivity index (χ3n) is 5.56. The SMILES string of the molecule is CC(=O)Nc1ccc2c(c1)cc(C(=O)NC[C@]1(C)CCCO1)n2Cc1ccccc1. The van der Waals surface area contributed by atoms with E-state index in [9.17, 15) is 9.59 Å². The zero-order chi connectivity index (χ0) is 21.1. The molecule has 1 atom stereocenters. The summed E-state index contributed by atoms with van der Waals surface area (Å²) in [5.74, 6) is -0.249. The van der Waals surface area contributed by atoms with E-state index in [0.29, 0.717) is 24.5 Å². The molecular formula is C24H27N3O3. The van der Waals surface area contributed by atoms with E-state index in [1.807, 2.05) is 66.1 Å². The van der Waals surface area contributed by atoms with E-state index in [-0.39, 0.29) is 17.4 Å². The normalized spacial score (nSPS) is 18.5. The highest BCUT2D eigenvalue weighted by Crippen LogP contribution is 2.26. The second-order valence-electron chi connectivity index (χ2n) is 8.14. The van der Waals surface area contributed by atoms with Crippen molar-refractivity contribution in [1.82, 2.24) is 9.88 Å². The highest BCUT2D eigenvalue weighted by molar-refractivity contribution is 6.00. The van der Waals surface area contributed by atoms with Gasteiger partial charge in [0.2, 0.25) is 5.91 Å². The van der Waals surface area contributed by atoms with Gasteiger partial charge in [0.05, 0.1) is 5.60 Å². The fourth-order valence-corrected chi connectivity index (χ4v) is 4.01. The molecule has 2 aromatic carbocycles. The van der Waals surface area contributed by atoms with Gasteiger partial charge in [-0.2, -0.15) is 0 Å². The second-order valence-corrected chi connectivity index (χ2v) is 8.14. The number of nitrogens with zero attached hydrogens (tertiary/aromatic N) is 1. The average molecular weight is 405 g/mol. The fourth-order valence-electron chi connectivity index (χ4n) is 4.01. The van der Waals surface area contributed by atoms with Gasteiger partial charge in [-0.1, -0.05) is 30.3 Å². The molecule has 0 bridgehead atoms. The molecule has 1 saturated heterocycles. The number of anilines is 1. The first-order valence-electron chi connectivity index (χ1n) is 10.3. The standard InChI is InChI=1S/C24H27N3O3/c1-17(28)26-20-9-10-21-19(13-20)14-22(27(21)15-18-7-4-3-5-8-18)23(29)25-16-24(2)11-6-12-30-24/h3-5,7-10,13-14H,6,11-12,15-16H2,1-2H3,(H,25,29)(H,26,28)/t24-/m0/s1. The molecule has 0 radical (unpaired) electrons. The summed E-state index contributed by atoms with van der Waals surface area (Å²) in [7, 11) is 0. The zero-order valence-electron chi connectivity index (χ0n) is 17.4. The maximum atomic E-state index is 13.1. The van der Waals surface area contributed by atoms with Gasteiger partial charge >= 0.3 is 0 Å². The molecule has 0 aliphatic carbocycles. The molecule has 6 heteroatoms. The third kappa shape index (κ3) is 4.39. The molecule has 4 rings (SSSR count). The molecule has 2 N–H and O–H groups in total. The Balaban J connectivity index is 1.67. The molecule has 6 nitrogen and oxygen atoms in total. The quantitative estimate of drug-likeness (QED) is 0.652. The lowest BCUT2D eigenvalue weighted by atomic mass is 10.0. The van der Waals surface area contributed by atoms with Crippen LogP contribution < -0.4 is 10.6 Å². The largest absolute Gasteiger partial charge is 0.373 e. The van der Waals surface area contributed by atoms with Crippen LogP contribution in [-0.4, -0.2) is 35.1 Å². The van der Waals surface area contributed by atoms with Gasteiger partial charge in [-0.05, 0) is 49.6 Å². The van der Waals surface area contributed by atoms with Gasteiger partial charge in [0.25, 0.3) is 5.91 Å². The fraction of sp³-hybridized carbons (Fsp3) is 0.333. The number of nitrogens with one attached hydrogen (secondary N) is 2. The average Bonchev–Trinajstić information content (AvgIpc) is 3.31. The van der Waals surface area contributed by atoms with Gasteiger partial charge in [0.15, 0.2) is 0 Å². The van der Waals surface area contributed by atoms with Gasteiger partial charge < -0.3 is 19.9 Å². The number of rotatable bonds is 6. The third-order valence-corrected chi connectivity index (χ3v) is 5.56. The predicted molar refractivity (Wildman–Crippen MR) is 118 cm³/mol. The first-order valence-corrected chi connectivity index (χ1v) is 10.3. The Kier molecular flexibility index (Phi) is 5.59. The molecule has 0 unspecified atom stereocenters. The van der Waals surface area contributed by atoms with Crippen LogP contribution in [0.1, 0.15) is 42.7 Å². The number of carbonyl (C=O) groups is 2. The van der Waals surface area contributed by atoms with E-state index in [2.05, 4.69) is 10.6 Å². The first-order chi connectivity index (χ1) is 14.4. The van der Waals surface area contributed by atoms with Crippen LogP contribution in [0.2, 0.25) is 0 Å². The summed E-state index contributed by atoms with van der Waals surface area (Å²) in [5, 5.41) is 6.78. The maximum Gasteiger partial charge on any atom is 0.268 e. The lowest BCUT2D eigenvalue weighted by molar-refractivity contribution is -0.114. The number of benzene rings is 2. The van der Waals surface area contributed by atoms with E-state index in [1.165, 1.54) is 6.92 Å². The molecule has 0 spiro atoms. The molecule has 156 valence electrons. The van der Waals surface area contributed by atoms with Crippen molar-refractivity contribution in [3.63, 3.8) is 0 Å². The molecular weight excluding hydrogens is 378 g/mol. The van der Waals surface area contributed by atoms with E-state index in [4.69, 9.17) is 4.74 Å². The van der Waals surface area contributed by atoms with E-state index < -0.39 is 0 Å². The number of fused-ring (bicyclic) bond motifs is 1. The molecule has 30 heavy (non-hydrogen) atoms. The minimum absolute atomic E-state index is 0.124. The lowest BCUT2D eigenvalue weighted by Gasteiger charge is -2.23. The van der Waals surface area contributed by atoms with Gasteiger partial charge in [-0.15, -0.1) is 0 Å². The van der Waals surface area contributed by atoms with Gasteiger partial charge in [0.1, 0.15) is 5.69 Å². The Morgan fingerprint density at radius 1 is 1.13 bits per heavy atom. The highest BCUT2D eigenvalue weighted by Gasteiger charge is 2.30. The molecule has 1 fully saturated rings. The molecule has 1 aromatic heterocycles. The smallest absolute Gasteiger partial charge is 0.268 e. The summed E-state index contributed by atoms with van der Waals surface area (Å²) in [6, 6.07) is 17.7. The van der Waals surface area contributed by atoms with Crippen LogP contribution in [0.15, 0.2) is 54.6 Å². The van der Waals surface area contributed by atoms with Crippen molar-refractivity contribution >= 4 is 28.4 Å². The summed E-state index contributed by atoms with van der Waals surface area (Å²) >= 11 is 0. The van der Waals surface area contributed by atoms with Crippen LogP contribution in [-0.2, 0) is 16.1 Å². The van der Waals surface area contributed by atoms with Crippen LogP contribution in [0, 0.1) is 0 Å². The van der Waals surface area contributed by atoms with Gasteiger partial charge in [-0.25, -0.2) is 0 Å². The monoisotopic (exact) mass is 405 g/mol. The lowest BCUT2D eigenvalue weighted by Crippen LogP contribution is -2.40. The summed E-state index contributed by atoms with van der Waals surface area (Å²) in [5.41, 5.74) is 3.06. The van der Waals surface area contributed by atoms with Crippen molar-refractivity contribution in [3.05, 3.63) is 65.9 Å². The molecule has 0 saturated carbocycles. The van der Waals surface area contributed by atoms with Crippen molar-refractivity contribution < 1.29 is 14.3 Å². The second kappa shape index (κ2) is 8.32. The van der Waals surface area contributed by atoms with Crippen LogP contribution in [0.5, 0.6) is 0 Å². The van der Waals surface area contributed by atoms with E-state index in [0.717, 1.165) is 35.9 Å². The van der Waals surface area contributed by atoms with Crippen molar-refractivity contribution in [3.8, 4) is 0 Å². The molecule has 3 aromatic rings.